The van der Waals surface area contributed by atoms with Crippen LogP contribution < -0.4 is 5.32 Å². The molecule has 0 aromatic heterocycles. The molecule has 2 aliphatic heterocycles. The van der Waals surface area contributed by atoms with E-state index in [2.05, 4.69) is 5.32 Å². The molecule has 0 saturated carbocycles. The predicted molar refractivity (Wildman–Crippen MR) is 73.3 cm³/mol. The number of hydrogen-bond donors (Lipinski definition) is 2. The molecule has 2 unspecified atom stereocenters. The third kappa shape index (κ3) is 2.96. The van der Waals surface area contributed by atoms with Gasteiger partial charge in [-0.15, -0.1) is 0 Å². The van der Waals surface area contributed by atoms with Gasteiger partial charge in [-0.2, -0.15) is 0 Å². The second-order valence-corrected chi connectivity index (χ2v) is 6.11. The second kappa shape index (κ2) is 6.10. The van der Waals surface area contributed by atoms with Crippen LogP contribution in [0.15, 0.2) is 0 Å². The van der Waals surface area contributed by atoms with Crippen molar-refractivity contribution in [1.82, 2.24) is 10.2 Å². The van der Waals surface area contributed by atoms with Crippen molar-refractivity contribution in [3.63, 3.8) is 0 Å². The van der Waals surface area contributed by atoms with Crippen LogP contribution in [0.3, 0.4) is 0 Å². The first-order valence-electron chi connectivity index (χ1n) is 7.28. The Bertz CT molecular complexity index is 379. The summed E-state index contributed by atoms with van der Waals surface area (Å²) in [5, 5.41) is 12.7. The summed E-state index contributed by atoms with van der Waals surface area (Å²) in [5.74, 6) is -0.743. The van der Waals surface area contributed by atoms with Crippen LogP contribution in [0.1, 0.15) is 26.7 Å². The fraction of sp³-hybridized carbons (Fsp3) is 0.857. The number of aliphatic carboxylic acids is 1. The summed E-state index contributed by atoms with van der Waals surface area (Å²) in [6.45, 7) is 6.70. The highest BCUT2D eigenvalue weighted by molar-refractivity contribution is 5.81. The van der Waals surface area contributed by atoms with Gasteiger partial charge in [0.05, 0.1) is 18.6 Å². The fourth-order valence-corrected chi connectivity index (χ4v) is 3.03. The van der Waals surface area contributed by atoms with Gasteiger partial charge in [0.2, 0.25) is 5.91 Å². The SMILES string of the molecule is CC(C)C1(C(=O)O)CCN(C(=O)CC2COCCN2)C1. The number of carbonyl (C=O) groups is 2. The lowest BCUT2D eigenvalue weighted by atomic mass is 9.76. The number of carboxylic acid groups (broad SMARTS) is 1. The fourth-order valence-electron chi connectivity index (χ4n) is 3.03. The van der Waals surface area contributed by atoms with Crippen molar-refractivity contribution >= 4 is 11.9 Å². The topological polar surface area (TPSA) is 78.9 Å². The first kappa shape index (κ1) is 15.3. The van der Waals surface area contributed by atoms with Crippen molar-refractivity contribution in [2.75, 3.05) is 32.8 Å². The van der Waals surface area contributed by atoms with Gasteiger partial charge in [-0.05, 0) is 12.3 Å². The van der Waals surface area contributed by atoms with Crippen LogP contribution in [-0.2, 0) is 14.3 Å². The van der Waals surface area contributed by atoms with E-state index in [1.54, 1.807) is 4.90 Å². The van der Waals surface area contributed by atoms with E-state index in [1.165, 1.54) is 0 Å². The average Bonchev–Trinajstić information content (AvgIpc) is 2.86. The predicted octanol–water partition coefficient (Wildman–Crippen LogP) is 0.324. The average molecular weight is 284 g/mol. The highest BCUT2D eigenvalue weighted by Gasteiger charge is 2.48. The molecule has 0 aromatic rings. The molecule has 0 aliphatic carbocycles. The molecule has 0 bridgehead atoms. The van der Waals surface area contributed by atoms with Crippen LogP contribution >= 0.6 is 0 Å². The first-order valence-corrected chi connectivity index (χ1v) is 7.28. The van der Waals surface area contributed by atoms with Crippen LogP contribution in [0.5, 0.6) is 0 Å². The van der Waals surface area contributed by atoms with Gasteiger partial charge >= 0.3 is 5.97 Å². The molecule has 2 fully saturated rings. The number of morpholine rings is 1. The van der Waals surface area contributed by atoms with Gasteiger partial charge in [-0.25, -0.2) is 0 Å². The quantitative estimate of drug-likeness (QED) is 0.777. The molecule has 0 aromatic carbocycles. The van der Waals surface area contributed by atoms with E-state index >= 15 is 0 Å². The van der Waals surface area contributed by atoms with E-state index in [9.17, 15) is 14.7 Å². The minimum absolute atomic E-state index is 0.0222. The van der Waals surface area contributed by atoms with Crippen molar-refractivity contribution in [2.45, 2.75) is 32.7 Å². The van der Waals surface area contributed by atoms with E-state index < -0.39 is 11.4 Å². The maximum atomic E-state index is 12.3. The summed E-state index contributed by atoms with van der Waals surface area (Å²) < 4.78 is 5.34. The molecule has 6 heteroatoms. The van der Waals surface area contributed by atoms with Gasteiger partial charge in [0, 0.05) is 32.1 Å². The Balaban J connectivity index is 1.94. The Kier molecular flexibility index (Phi) is 4.65. The maximum Gasteiger partial charge on any atom is 0.311 e. The standard InChI is InChI=1S/C14H24N2O4/c1-10(2)14(13(18)19)3-5-16(9-14)12(17)7-11-8-20-6-4-15-11/h10-11,15H,3-9H2,1-2H3,(H,18,19). The largest absolute Gasteiger partial charge is 0.481 e. The maximum absolute atomic E-state index is 12.3. The number of hydrogen-bond acceptors (Lipinski definition) is 4. The highest BCUT2D eigenvalue weighted by Crippen LogP contribution is 2.38. The molecular weight excluding hydrogens is 260 g/mol. The number of rotatable bonds is 4. The highest BCUT2D eigenvalue weighted by atomic mass is 16.5. The molecular formula is C14H24N2O4. The minimum Gasteiger partial charge on any atom is -0.481 e. The zero-order chi connectivity index (χ0) is 14.8. The Hall–Kier alpha value is -1.14. The van der Waals surface area contributed by atoms with Gasteiger partial charge in [0.15, 0.2) is 0 Å². The molecule has 2 atom stereocenters. The molecule has 2 rings (SSSR count). The molecule has 6 nitrogen and oxygen atoms in total. The zero-order valence-corrected chi connectivity index (χ0v) is 12.2. The second-order valence-electron chi connectivity index (χ2n) is 6.11. The van der Waals surface area contributed by atoms with E-state index in [-0.39, 0.29) is 17.9 Å². The van der Waals surface area contributed by atoms with Crippen LogP contribution in [-0.4, -0.2) is 60.8 Å². The summed E-state index contributed by atoms with van der Waals surface area (Å²) in [5.41, 5.74) is -0.786. The number of ether oxygens (including phenoxy) is 1. The van der Waals surface area contributed by atoms with Crippen LogP contribution in [0, 0.1) is 11.3 Å². The Labute approximate surface area is 119 Å². The lowest BCUT2D eigenvalue weighted by molar-refractivity contribution is -0.151. The van der Waals surface area contributed by atoms with Crippen molar-refractivity contribution in [3.05, 3.63) is 0 Å². The van der Waals surface area contributed by atoms with Crippen molar-refractivity contribution in [1.29, 1.82) is 0 Å². The summed E-state index contributed by atoms with van der Waals surface area (Å²) >= 11 is 0. The van der Waals surface area contributed by atoms with E-state index in [0.29, 0.717) is 39.1 Å². The summed E-state index contributed by atoms with van der Waals surface area (Å²) in [6, 6.07) is 0.0510. The van der Waals surface area contributed by atoms with Gasteiger partial charge in [-0.1, -0.05) is 13.8 Å². The third-order valence-electron chi connectivity index (χ3n) is 4.60. The zero-order valence-electron chi connectivity index (χ0n) is 12.2. The molecule has 2 saturated heterocycles. The lowest BCUT2D eigenvalue weighted by Gasteiger charge is -2.29. The van der Waals surface area contributed by atoms with Gasteiger partial charge in [0.1, 0.15) is 0 Å². The van der Waals surface area contributed by atoms with Crippen LogP contribution in [0.4, 0.5) is 0 Å². The van der Waals surface area contributed by atoms with Gasteiger partial charge < -0.3 is 20.1 Å². The number of carboxylic acids is 1. The van der Waals surface area contributed by atoms with Gasteiger partial charge in [0.25, 0.3) is 0 Å². The first-order chi connectivity index (χ1) is 9.45. The van der Waals surface area contributed by atoms with Gasteiger partial charge in [-0.3, -0.25) is 9.59 Å². The molecule has 0 radical (unpaired) electrons. The number of nitrogens with one attached hydrogen (secondary N) is 1. The summed E-state index contributed by atoms with van der Waals surface area (Å²) in [7, 11) is 0. The summed E-state index contributed by atoms with van der Waals surface area (Å²) in [6.07, 6.45) is 0.925. The molecule has 2 N–H and O–H groups in total. The summed E-state index contributed by atoms with van der Waals surface area (Å²) in [4.78, 5) is 25.5. The molecule has 1 amide bonds. The van der Waals surface area contributed by atoms with Crippen molar-refractivity contribution in [3.8, 4) is 0 Å². The number of nitrogens with zero attached hydrogens (tertiary/aromatic N) is 1. The monoisotopic (exact) mass is 284 g/mol. The van der Waals surface area contributed by atoms with E-state index in [0.717, 1.165) is 6.54 Å². The minimum atomic E-state index is -0.790. The van der Waals surface area contributed by atoms with Crippen LogP contribution in [0.2, 0.25) is 0 Å². The molecule has 114 valence electrons. The number of likely N-dealkylation sites (tertiary alicyclic amines) is 1. The number of amides is 1. The Morgan fingerprint density at radius 3 is 2.75 bits per heavy atom. The smallest absolute Gasteiger partial charge is 0.311 e. The normalized spacial score (nSPS) is 30.8. The lowest BCUT2D eigenvalue weighted by Crippen LogP contribution is -2.46. The van der Waals surface area contributed by atoms with Crippen molar-refractivity contribution < 1.29 is 19.4 Å². The molecule has 2 aliphatic rings. The molecule has 0 spiro atoms. The Morgan fingerprint density at radius 1 is 1.50 bits per heavy atom. The molecule has 2 heterocycles. The van der Waals surface area contributed by atoms with Crippen molar-refractivity contribution in [2.24, 2.45) is 11.3 Å². The number of carbonyl (C=O) groups excluding carboxylic acids is 1. The third-order valence-corrected chi connectivity index (χ3v) is 4.60. The van der Waals surface area contributed by atoms with Crippen LogP contribution in [0.25, 0.3) is 0 Å². The van der Waals surface area contributed by atoms with E-state index in [1.807, 2.05) is 13.8 Å². The Morgan fingerprint density at radius 2 is 2.25 bits per heavy atom. The van der Waals surface area contributed by atoms with E-state index in [4.69, 9.17) is 4.74 Å². The molecule has 20 heavy (non-hydrogen) atoms.